The van der Waals surface area contributed by atoms with Gasteiger partial charge in [0.05, 0.1) is 19.0 Å². The molecule has 0 spiro atoms. The lowest BCUT2D eigenvalue weighted by molar-refractivity contribution is -0.124. The quantitative estimate of drug-likeness (QED) is 0.507. The highest BCUT2D eigenvalue weighted by Gasteiger charge is 2.19. The monoisotopic (exact) mass is 429 g/mol. The molecule has 3 aromatic carbocycles. The molecule has 0 fully saturated rings. The first-order valence-corrected chi connectivity index (χ1v) is 10.5. The van der Waals surface area contributed by atoms with Crippen LogP contribution in [0.5, 0.6) is 0 Å². The number of hydrogen-bond acceptors (Lipinski definition) is 3. The van der Waals surface area contributed by atoms with Gasteiger partial charge in [-0.25, -0.2) is 0 Å². The van der Waals surface area contributed by atoms with Gasteiger partial charge in [0.15, 0.2) is 0 Å². The summed E-state index contributed by atoms with van der Waals surface area (Å²) in [6.45, 7) is 3.68. The van der Waals surface area contributed by atoms with Crippen molar-refractivity contribution in [3.63, 3.8) is 0 Å². The van der Waals surface area contributed by atoms with Gasteiger partial charge in [0.2, 0.25) is 11.8 Å². The third-order valence-electron chi connectivity index (χ3n) is 5.12. The molecule has 164 valence electrons. The van der Waals surface area contributed by atoms with Gasteiger partial charge in [0, 0.05) is 11.3 Å². The average Bonchev–Trinajstić information content (AvgIpc) is 2.81. The average molecular weight is 430 g/mol. The number of nitrogens with one attached hydrogen (secondary N) is 3. The van der Waals surface area contributed by atoms with Gasteiger partial charge in [-0.05, 0) is 42.7 Å². The van der Waals surface area contributed by atoms with E-state index in [-0.39, 0.29) is 30.7 Å². The van der Waals surface area contributed by atoms with Crippen molar-refractivity contribution in [3.05, 3.63) is 101 Å². The molecule has 3 N–H and O–H groups in total. The summed E-state index contributed by atoms with van der Waals surface area (Å²) in [5, 5.41) is 8.42. The minimum atomic E-state index is -0.523. The zero-order valence-electron chi connectivity index (χ0n) is 18.2. The normalized spacial score (nSPS) is 11.3. The summed E-state index contributed by atoms with van der Waals surface area (Å²) in [6, 6.07) is 23.4. The van der Waals surface area contributed by atoms with Crippen molar-refractivity contribution in [2.24, 2.45) is 0 Å². The molecule has 32 heavy (non-hydrogen) atoms. The Morgan fingerprint density at radius 1 is 0.750 bits per heavy atom. The van der Waals surface area contributed by atoms with Gasteiger partial charge in [-0.15, -0.1) is 0 Å². The number of amides is 3. The first kappa shape index (κ1) is 22.7. The molecule has 0 bridgehead atoms. The fourth-order valence-corrected chi connectivity index (χ4v) is 3.40. The number of rotatable bonds is 8. The van der Waals surface area contributed by atoms with Gasteiger partial charge in [-0.3, -0.25) is 14.4 Å². The van der Waals surface area contributed by atoms with Crippen molar-refractivity contribution in [2.75, 3.05) is 11.9 Å². The highest BCUT2D eigenvalue weighted by Crippen LogP contribution is 2.19. The van der Waals surface area contributed by atoms with Crippen molar-refractivity contribution >= 4 is 23.4 Å². The highest BCUT2D eigenvalue weighted by molar-refractivity contribution is 5.96. The molecular weight excluding hydrogens is 402 g/mol. The summed E-state index contributed by atoms with van der Waals surface area (Å²) in [5.41, 5.74) is 3.99. The van der Waals surface area contributed by atoms with Gasteiger partial charge >= 0.3 is 0 Å². The predicted molar refractivity (Wildman–Crippen MR) is 125 cm³/mol. The zero-order valence-corrected chi connectivity index (χ0v) is 18.2. The van der Waals surface area contributed by atoms with Crippen LogP contribution in [-0.4, -0.2) is 24.3 Å². The third-order valence-corrected chi connectivity index (χ3v) is 5.12. The molecule has 1 unspecified atom stereocenters. The lowest BCUT2D eigenvalue weighted by atomic mass is 10.0. The second kappa shape index (κ2) is 10.9. The molecule has 1 atom stereocenters. The maximum absolute atomic E-state index is 12.6. The molecule has 3 amide bonds. The molecule has 6 heteroatoms. The Bertz CT molecular complexity index is 1060. The number of para-hydroxylation sites is 1. The van der Waals surface area contributed by atoms with Gasteiger partial charge in [-0.2, -0.15) is 0 Å². The van der Waals surface area contributed by atoms with Gasteiger partial charge < -0.3 is 16.0 Å². The Labute approximate surface area is 188 Å². The minimum absolute atomic E-state index is 0.0132. The standard InChI is InChI=1S/C26H27N3O3/c1-18-10-9-11-19(2)25(18)29-24(31)17-27-23(30)16-22(20-12-5-3-6-13-20)28-26(32)21-14-7-4-8-15-21/h3-15,22H,16-17H2,1-2H3,(H,27,30)(H,28,32)(H,29,31). The Hall–Kier alpha value is -3.93. The van der Waals surface area contributed by atoms with Crippen molar-refractivity contribution < 1.29 is 14.4 Å². The van der Waals surface area contributed by atoms with E-state index in [0.29, 0.717) is 5.56 Å². The molecular formula is C26H27N3O3. The maximum Gasteiger partial charge on any atom is 0.251 e. The van der Waals surface area contributed by atoms with Crippen molar-refractivity contribution in [2.45, 2.75) is 26.3 Å². The lowest BCUT2D eigenvalue weighted by Crippen LogP contribution is -2.37. The van der Waals surface area contributed by atoms with Crippen LogP contribution in [0.15, 0.2) is 78.9 Å². The molecule has 0 aliphatic carbocycles. The summed E-state index contributed by atoms with van der Waals surface area (Å²) in [7, 11) is 0. The third kappa shape index (κ3) is 6.28. The Kier molecular flexibility index (Phi) is 7.75. The van der Waals surface area contributed by atoms with Gasteiger partial charge in [0.1, 0.15) is 0 Å². The zero-order chi connectivity index (χ0) is 22.9. The minimum Gasteiger partial charge on any atom is -0.347 e. The van der Waals surface area contributed by atoms with Crippen LogP contribution < -0.4 is 16.0 Å². The topological polar surface area (TPSA) is 87.3 Å². The van der Waals surface area contributed by atoms with E-state index in [1.807, 2.05) is 68.4 Å². The summed E-state index contributed by atoms with van der Waals surface area (Å²) in [5.74, 6) is -0.899. The molecule has 0 aromatic heterocycles. The van der Waals surface area contributed by atoms with Crippen molar-refractivity contribution in [1.29, 1.82) is 0 Å². The van der Waals surface area contributed by atoms with Crippen molar-refractivity contribution in [1.82, 2.24) is 10.6 Å². The Morgan fingerprint density at radius 2 is 1.34 bits per heavy atom. The largest absolute Gasteiger partial charge is 0.347 e. The van der Waals surface area contributed by atoms with Crippen LogP contribution in [0.4, 0.5) is 5.69 Å². The van der Waals surface area contributed by atoms with Crippen LogP contribution >= 0.6 is 0 Å². The molecule has 0 saturated heterocycles. The van der Waals surface area contributed by atoms with Crippen LogP contribution in [0.3, 0.4) is 0 Å². The fraction of sp³-hybridized carbons (Fsp3) is 0.192. The van der Waals surface area contributed by atoms with E-state index < -0.39 is 6.04 Å². The maximum atomic E-state index is 12.6. The first-order chi connectivity index (χ1) is 15.4. The van der Waals surface area contributed by atoms with E-state index in [4.69, 9.17) is 0 Å². The van der Waals surface area contributed by atoms with E-state index in [9.17, 15) is 14.4 Å². The van der Waals surface area contributed by atoms with Crippen LogP contribution in [0.25, 0.3) is 0 Å². The summed E-state index contributed by atoms with van der Waals surface area (Å²) in [4.78, 5) is 37.6. The lowest BCUT2D eigenvalue weighted by Gasteiger charge is -2.19. The van der Waals surface area contributed by atoms with E-state index in [1.165, 1.54) is 0 Å². The number of benzene rings is 3. The number of aryl methyl sites for hydroxylation is 2. The fourth-order valence-electron chi connectivity index (χ4n) is 3.40. The highest BCUT2D eigenvalue weighted by atomic mass is 16.2. The predicted octanol–water partition coefficient (Wildman–Crippen LogP) is 3.92. The second-order valence-corrected chi connectivity index (χ2v) is 7.60. The van der Waals surface area contributed by atoms with Crippen LogP contribution in [-0.2, 0) is 9.59 Å². The van der Waals surface area contributed by atoms with Crippen molar-refractivity contribution in [3.8, 4) is 0 Å². The molecule has 0 saturated carbocycles. The SMILES string of the molecule is Cc1cccc(C)c1NC(=O)CNC(=O)CC(NC(=O)c1ccccc1)c1ccccc1. The van der Waals surface area contributed by atoms with Gasteiger partial charge in [0.25, 0.3) is 5.91 Å². The summed E-state index contributed by atoms with van der Waals surface area (Å²) in [6.07, 6.45) is 0.0132. The smallest absolute Gasteiger partial charge is 0.251 e. The molecule has 0 radical (unpaired) electrons. The number of carbonyl (C=O) groups excluding carboxylic acids is 3. The van der Waals surface area contributed by atoms with E-state index >= 15 is 0 Å². The molecule has 0 aliphatic rings. The molecule has 3 rings (SSSR count). The molecule has 3 aromatic rings. The Morgan fingerprint density at radius 3 is 1.97 bits per heavy atom. The van der Waals surface area contributed by atoms with E-state index in [1.54, 1.807) is 24.3 Å². The van der Waals surface area contributed by atoms with E-state index in [2.05, 4.69) is 16.0 Å². The molecule has 0 heterocycles. The Balaban J connectivity index is 1.61. The van der Waals surface area contributed by atoms with E-state index in [0.717, 1.165) is 22.4 Å². The number of anilines is 1. The summed E-state index contributed by atoms with van der Waals surface area (Å²) >= 11 is 0. The summed E-state index contributed by atoms with van der Waals surface area (Å²) < 4.78 is 0. The van der Waals surface area contributed by atoms with Crippen LogP contribution in [0, 0.1) is 13.8 Å². The first-order valence-electron chi connectivity index (χ1n) is 10.5. The molecule has 6 nitrogen and oxygen atoms in total. The van der Waals surface area contributed by atoms with Gasteiger partial charge in [-0.1, -0.05) is 66.7 Å². The molecule has 0 aliphatic heterocycles. The number of carbonyl (C=O) groups is 3. The van der Waals surface area contributed by atoms with Crippen LogP contribution in [0.2, 0.25) is 0 Å². The second-order valence-electron chi connectivity index (χ2n) is 7.60. The van der Waals surface area contributed by atoms with Crippen LogP contribution in [0.1, 0.15) is 39.5 Å². The number of hydrogen-bond donors (Lipinski definition) is 3.